The molecule has 2 fully saturated rings. The van der Waals surface area contributed by atoms with E-state index >= 15 is 0 Å². The molecule has 1 aromatic carbocycles. The van der Waals surface area contributed by atoms with Crippen LogP contribution in [0.5, 0.6) is 0 Å². The van der Waals surface area contributed by atoms with Crippen molar-refractivity contribution in [1.29, 1.82) is 0 Å². The molecule has 1 aliphatic heterocycles. The summed E-state index contributed by atoms with van der Waals surface area (Å²) < 4.78 is 0. The van der Waals surface area contributed by atoms with Gasteiger partial charge in [0.2, 0.25) is 0 Å². The summed E-state index contributed by atoms with van der Waals surface area (Å²) >= 11 is 1.65. The minimum atomic E-state index is -0.749. The first-order valence-corrected chi connectivity index (χ1v) is 10.1. The van der Waals surface area contributed by atoms with E-state index in [1.54, 1.807) is 11.3 Å². The van der Waals surface area contributed by atoms with Crippen LogP contribution in [0.2, 0.25) is 0 Å². The van der Waals surface area contributed by atoms with Gasteiger partial charge in [-0.3, -0.25) is 0 Å². The number of nitrogens with zero attached hydrogens (tertiary/aromatic N) is 4. The van der Waals surface area contributed by atoms with Crippen molar-refractivity contribution in [3.8, 4) is 0 Å². The Balaban J connectivity index is 1.46. The number of piperidine rings is 1. The molecule has 0 bridgehead atoms. The molecule has 2 aromatic heterocycles. The quantitative estimate of drug-likeness (QED) is 0.765. The summed E-state index contributed by atoms with van der Waals surface area (Å²) in [5, 5.41) is 12.1. The molecule has 6 heteroatoms. The van der Waals surface area contributed by atoms with Gasteiger partial charge < -0.3 is 10.0 Å². The van der Waals surface area contributed by atoms with Gasteiger partial charge >= 0.3 is 0 Å². The van der Waals surface area contributed by atoms with E-state index in [9.17, 15) is 5.11 Å². The van der Waals surface area contributed by atoms with E-state index in [2.05, 4.69) is 4.90 Å². The third kappa shape index (κ3) is 2.77. The number of aryl methyl sites for hydroxylation is 1. The number of thiazole rings is 1. The van der Waals surface area contributed by atoms with Crippen molar-refractivity contribution < 1.29 is 5.11 Å². The largest absolute Gasteiger partial charge is 0.385 e. The zero-order valence-electron chi connectivity index (χ0n) is 14.9. The van der Waals surface area contributed by atoms with Crippen molar-refractivity contribution in [2.45, 2.75) is 44.1 Å². The molecule has 1 N–H and O–H groups in total. The van der Waals surface area contributed by atoms with Gasteiger partial charge in [0.1, 0.15) is 16.2 Å². The molecule has 0 amide bonds. The Labute approximate surface area is 156 Å². The molecule has 0 spiro atoms. The predicted octanol–water partition coefficient (Wildman–Crippen LogP) is 3.76. The van der Waals surface area contributed by atoms with Crippen molar-refractivity contribution >= 4 is 27.5 Å². The van der Waals surface area contributed by atoms with Gasteiger partial charge in [0.25, 0.3) is 0 Å². The average molecular weight is 366 g/mol. The molecule has 1 saturated heterocycles. The molecule has 0 atom stereocenters. The number of benzene rings is 1. The number of rotatable bonds is 3. The van der Waals surface area contributed by atoms with Crippen molar-refractivity contribution in [3.05, 3.63) is 46.7 Å². The van der Waals surface area contributed by atoms with Gasteiger partial charge in [0.15, 0.2) is 5.82 Å². The normalized spacial score (nSPS) is 19.8. The lowest BCUT2D eigenvalue weighted by molar-refractivity contribution is 0.0117. The molecule has 0 unspecified atom stereocenters. The first-order chi connectivity index (χ1) is 12.6. The van der Waals surface area contributed by atoms with Crippen LogP contribution >= 0.6 is 11.3 Å². The van der Waals surface area contributed by atoms with Crippen LogP contribution in [0.25, 0.3) is 10.3 Å². The minimum Gasteiger partial charge on any atom is -0.385 e. The Morgan fingerprint density at radius 3 is 2.50 bits per heavy atom. The number of hydrogen-bond acceptors (Lipinski definition) is 6. The molecule has 5 rings (SSSR count). The van der Waals surface area contributed by atoms with Gasteiger partial charge in [-0.2, -0.15) is 0 Å². The summed E-state index contributed by atoms with van der Waals surface area (Å²) in [5.41, 5.74) is 1.18. The standard InChI is InChI=1S/C20H22N4OS/c1-13-21-16-18(22-17(14-7-8-14)23-19(16)26-13)24-11-9-20(25,10-12-24)15-5-3-2-4-6-15/h2-6,14,25H,7-12H2,1H3. The van der Waals surface area contributed by atoms with Crippen LogP contribution in [0, 0.1) is 6.92 Å². The van der Waals surface area contributed by atoms with E-state index in [0.717, 1.165) is 45.6 Å². The number of fused-ring (bicyclic) bond motifs is 1. The number of aromatic nitrogens is 3. The fourth-order valence-corrected chi connectivity index (χ4v) is 4.59. The van der Waals surface area contributed by atoms with Gasteiger partial charge in [-0.15, -0.1) is 0 Å². The second-order valence-electron chi connectivity index (χ2n) is 7.45. The van der Waals surface area contributed by atoms with Gasteiger partial charge in [-0.1, -0.05) is 41.7 Å². The predicted molar refractivity (Wildman–Crippen MR) is 104 cm³/mol. The van der Waals surface area contributed by atoms with Gasteiger partial charge in [-0.25, -0.2) is 15.0 Å². The third-order valence-electron chi connectivity index (χ3n) is 5.51. The van der Waals surface area contributed by atoms with E-state index in [1.807, 2.05) is 37.3 Å². The van der Waals surface area contributed by atoms with Crippen LogP contribution in [-0.2, 0) is 5.60 Å². The van der Waals surface area contributed by atoms with Crippen molar-refractivity contribution in [2.24, 2.45) is 0 Å². The SMILES string of the molecule is Cc1nc2c(N3CCC(O)(c4ccccc4)CC3)nc(C3CC3)nc2s1. The van der Waals surface area contributed by atoms with Crippen LogP contribution in [0.4, 0.5) is 5.82 Å². The second kappa shape index (κ2) is 5.99. The van der Waals surface area contributed by atoms with Gasteiger partial charge in [0.05, 0.1) is 10.6 Å². The van der Waals surface area contributed by atoms with Gasteiger partial charge in [-0.05, 0) is 38.2 Å². The van der Waals surface area contributed by atoms with Crippen molar-refractivity contribution in [3.63, 3.8) is 0 Å². The highest BCUT2D eigenvalue weighted by molar-refractivity contribution is 7.18. The summed E-state index contributed by atoms with van der Waals surface area (Å²) in [5.74, 6) is 2.45. The monoisotopic (exact) mass is 366 g/mol. The zero-order valence-corrected chi connectivity index (χ0v) is 15.7. The number of anilines is 1. The first-order valence-electron chi connectivity index (χ1n) is 9.30. The highest BCUT2D eigenvalue weighted by Crippen LogP contribution is 2.41. The van der Waals surface area contributed by atoms with E-state index in [0.29, 0.717) is 18.8 Å². The summed E-state index contributed by atoms with van der Waals surface area (Å²) in [6, 6.07) is 10.0. The molecule has 3 heterocycles. The van der Waals surface area contributed by atoms with E-state index in [1.165, 1.54) is 12.8 Å². The Morgan fingerprint density at radius 2 is 1.81 bits per heavy atom. The fourth-order valence-electron chi connectivity index (χ4n) is 3.80. The first kappa shape index (κ1) is 16.1. The summed E-state index contributed by atoms with van der Waals surface area (Å²) in [7, 11) is 0. The maximum absolute atomic E-state index is 11.1. The lowest BCUT2D eigenvalue weighted by atomic mass is 9.84. The molecule has 134 valence electrons. The molecule has 1 saturated carbocycles. The topological polar surface area (TPSA) is 62.1 Å². The maximum Gasteiger partial charge on any atom is 0.159 e. The third-order valence-corrected chi connectivity index (χ3v) is 6.37. The van der Waals surface area contributed by atoms with Crippen LogP contribution in [-0.4, -0.2) is 33.1 Å². The van der Waals surface area contributed by atoms with Crippen molar-refractivity contribution in [1.82, 2.24) is 15.0 Å². The molecule has 26 heavy (non-hydrogen) atoms. The van der Waals surface area contributed by atoms with Crippen LogP contribution in [0.15, 0.2) is 30.3 Å². The van der Waals surface area contributed by atoms with E-state index < -0.39 is 5.60 Å². The highest BCUT2D eigenvalue weighted by atomic mass is 32.1. The smallest absolute Gasteiger partial charge is 0.159 e. The van der Waals surface area contributed by atoms with Crippen LogP contribution in [0.3, 0.4) is 0 Å². The van der Waals surface area contributed by atoms with E-state index in [4.69, 9.17) is 15.0 Å². The van der Waals surface area contributed by atoms with Gasteiger partial charge in [0, 0.05) is 19.0 Å². The van der Waals surface area contributed by atoms with E-state index in [-0.39, 0.29) is 0 Å². The summed E-state index contributed by atoms with van der Waals surface area (Å²) in [6.07, 6.45) is 3.78. The summed E-state index contributed by atoms with van der Waals surface area (Å²) in [6.45, 7) is 3.58. The zero-order chi connectivity index (χ0) is 17.7. The van der Waals surface area contributed by atoms with Crippen LogP contribution in [0.1, 0.15) is 48.0 Å². The molecular weight excluding hydrogens is 344 g/mol. The number of hydrogen-bond donors (Lipinski definition) is 1. The second-order valence-corrected chi connectivity index (χ2v) is 8.63. The maximum atomic E-state index is 11.1. The number of aliphatic hydroxyl groups is 1. The molecular formula is C20H22N4OS. The van der Waals surface area contributed by atoms with Crippen molar-refractivity contribution in [2.75, 3.05) is 18.0 Å². The molecule has 3 aromatic rings. The fraction of sp³-hybridized carbons (Fsp3) is 0.450. The molecule has 1 aliphatic carbocycles. The molecule has 2 aliphatic rings. The Bertz CT molecular complexity index is 943. The average Bonchev–Trinajstić information content (AvgIpc) is 3.44. The Kier molecular flexibility index (Phi) is 3.72. The lowest BCUT2D eigenvalue weighted by Crippen LogP contribution is -2.43. The Morgan fingerprint density at radius 1 is 1.08 bits per heavy atom. The minimum absolute atomic E-state index is 0.520. The highest BCUT2D eigenvalue weighted by Gasteiger charge is 2.36. The molecule has 0 radical (unpaired) electrons. The summed E-state index contributed by atoms with van der Waals surface area (Å²) in [4.78, 5) is 17.6. The lowest BCUT2D eigenvalue weighted by Gasteiger charge is -2.39. The molecule has 5 nitrogen and oxygen atoms in total. The van der Waals surface area contributed by atoms with Crippen LogP contribution < -0.4 is 4.90 Å². The Hall–Kier alpha value is -2.05.